The van der Waals surface area contributed by atoms with Crippen LogP contribution in [-0.4, -0.2) is 31.6 Å². The van der Waals surface area contributed by atoms with Gasteiger partial charge in [-0.05, 0) is 37.6 Å². The summed E-state index contributed by atoms with van der Waals surface area (Å²) in [5, 5.41) is 0. The number of benzene rings is 1. The summed E-state index contributed by atoms with van der Waals surface area (Å²) in [6.07, 6.45) is 3.30. The van der Waals surface area contributed by atoms with Gasteiger partial charge in [0.2, 0.25) is 5.91 Å². The number of nitrogens with one attached hydrogen (secondary N) is 2. The van der Waals surface area contributed by atoms with E-state index in [1.54, 1.807) is 24.3 Å². The van der Waals surface area contributed by atoms with E-state index < -0.39 is 0 Å². The Morgan fingerprint density at radius 2 is 1.74 bits per heavy atom. The van der Waals surface area contributed by atoms with Gasteiger partial charge in [-0.1, -0.05) is 19.8 Å². The number of unbranched alkanes of at least 4 members (excludes halogenated alkanes) is 2. The minimum atomic E-state index is -0.352. The first-order valence-corrected chi connectivity index (χ1v) is 8.07. The van der Waals surface area contributed by atoms with Crippen LogP contribution >= 0.6 is 0 Å². The van der Waals surface area contributed by atoms with Crippen molar-refractivity contribution in [2.45, 2.75) is 39.5 Å². The van der Waals surface area contributed by atoms with Gasteiger partial charge >= 0.3 is 0 Å². The maximum Gasteiger partial charge on any atom is 0.269 e. The number of carbonyl (C=O) groups excluding carboxylic acids is 2. The minimum absolute atomic E-state index is 0.178. The number of rotatable bonds is 10. The SMILES string of the molecule is CCCCCC(=O)NNC(=O)c1ccc(OCCOCC)cc1. The largest absolute Gasteiger partial charge is 0.491 e. The molecule has 6 nitrogen and oxygen atoms in total. The van der Waals surface area contributed by atoms with Crippen molar-refractivity contribution in [2.24, 2.45) is 0 Å². The minimum Gasteiger partial charge on any atom is -0.491 e. The Labute approximate surface area is 137 Å². The average molecular weight is 322 g/mol. The summed E-state index contributed by atoms with van der Waals surface area (Å²) < 4.78 is 10.6. The standard InChI is InChI=1S/C17H26N2O4/c1-3-5-6-7-16(20)18-19-17(21)14-8-10-15(11-9-14)23-13-12-22-4-2/h8-11H,3-7,12-13H2,1-2H3,(H,18,20)(H,19,21). The average Bonchev–Trinajstić information content (AvgIpc) is 2.57. The summed E-state index contributed by atoms with van der Waals surface area (Å²) in [7, 11) is 0. The number of carbonyl (C=O) groups is 2. The van der Waals surface area contributed by atoms with E-state index in [9.17, 15) is 9.59 Å². The molecule has 2 N–H and O–H groups in total. The van der Waals surface area contributed by atoms with Gasteiger partial charge in [0, 0.05) is 18.6 Å². The Morgan fingerprint density at radius 1 is 1.00 bits per heavy atom. The predicted octanol–water partition coefficient (Wildman–Crippen LogP) is 2.44. The molecule has 0 spiro atoms. The van der Waals surface area contributed by atoms with Crippen LogP contribution < -0.4 is 15.6 Å². The second-order valence-electron chi connectivity index (χ2n) is 5.03. The normalized spacial score (nSPS) is 10.2. The van der Waals surface area contributed by atoms with Gasteiger partial charge in [0.15, 0.2) is 0 Å². The maximum atomic E-state index is 11.9. The van der Waals surface area contributed by atoms with Crippen LogP contribution in [0.5, 0.6) is 5.75 Å². The highest BCUT2D eigenvalue weighted by molar-refractivity contribution is 5.95. The van der Waals surface area contributed by atoms with Gasteiger partial charge < -0.3 is 9.47 Å². The monoisotopic (exact) mass is 322 g/mol. The Bertz CT molecular complexity index is 474. The molecule has 0 aliphatic heterocycles. The lowest BCUT2D eigenvalue weighted by Gasteiger charge is -2.09. The fourth-order valence-corrected chi connectivity index (χ4v) is 1.86. The molecule has 0 saturated heterocycles. The molecular formula is C17H26N2O4. The van der Waals surface area contributed by atoms with Gasteiger partial charge in [-0.15, -0.1) is 0 Å². The van der Waals surface area contributed by atoms with Crippen molar-refractivity contribution in [3.63, 3.8) is 0 Å². The smallest absolute Gasteiger partial charge is 0.269 e. The lowest BCUT2D eigenvalue weighted by molar-refractivity contribution is -0.121. The molecule has 0 saturated carbocycles. The van der Waals surface area contributed by atoms with Gasteiger partial charge in [0.1, 0.15) is 12.4 Å². The van der Waals surface area contributed by atoms with Gasteiger partial charge in [0.25, 0.3) is 5.91 Å². The first-order valence-electron chi connectivity index (χ1n) is 8.07. The molecule has 0 atom stereocenters. The van der Waals surface area contributed by atoms with Crippen molar-refractivity contribution in [1.82, 2.24) is 10.9 Å². The molecule has 128 valence electrons. The van der Waals surface area contributed by atoms with E-state index in [-0.39, 0.29) is 11.8 Å². The topological polar surface area (TPSA) is 76.7 Å². The van der Waals surface area contributed by atoms with Crippen LogP contribution in [-0.2, 0) is 9.53 Å². The Kier molecular flexibility index (Phi) is 9.47. The molecule has 0 heterocycles. The van der Waals surface area contributed by atoms with Crippen LogP contribution in [0.2, 0.25) is 0 Å². The highest BCUT2D eigenvalue weighted by atomic mass is 16.5. The van der Waals surface area contributed by atoms with E-state index in [2.05, 4.69) is 17.8 Å². The number of hydrogen-bond acceptors (Lipinski definition) is 4. The molecule has 1 aromatic rings. The number of amides is 2. The fourth-order valence-electron chi connectivity index (χ4n) is 1.86. The summed E-state index contributed by atoms with van der Waals surface area (Å²) >= 11 is 0. The van der Waals surface area contributed by atoms with Crippen molar-refractivity contribution in [3.8, 4) is 5.75 Å². The van der Waals surface area contributed by atoms with Crippen LogP contribution in [0, 0.1) is 0 Å². The third-order valence-corrected chi connectivity index (χ3v) is 3.14. The third kappa shape index (κ3) is 8.21. The Morgan fingerprint density at radius 3 is 2.39 bits per heavy atom. The van der Waals surface area contributed by atoms with Crippen LogP contribution in [0.1, 0.15) is 49.9 Å². The van der Waals surface area contributed by atoms with E-state index in [1.807, 2.05) is 6.92 Å². The van der Waals surface area contributed by atoms with Crippen molar-refractivity contribution >= 4 is 11.8 Å². The predicted molar refractivity (Wildman–Crippen MR) is 88.2 cm³/mol. The first kappa shape index (κ1) is 19.0. The maximum absolute atomic E-state index is 11.9. The van der Waals surface area contributed by atoms with Crippen molar-refractivity contribution in [1.29, 1.82) is 0 Å². The lowest BCUT2D eigenvalue weighted by Crippen LogP contribution is -2.41. The zero-order valence-corrected chi connectivity index (χ0v) is 13.9. The zero-order chi connectivity index (χ0) is 16.9. The molecule has 0 bridgehead atoms. The Balaban J connectivity index is 2.31. The zero-order valence-electron chi connectivity index (χ0n) is 13.9. The van der Waals surface area contributed by atoms with E-state index in [0.717, 1.165) is 19.3 Å². The van der Waals surface area contributed by atoms with Crippen molar-refractivity contribution < 1.29 is 19.1 Å². The molecule has 0 aliphatic rings. The van der Waals surface area contributed by atoms with Crippen LogP contribution in [0.25, 0.3) is 0 Å². The number of ether oxygens (including phenoxy) is 2. The molecule has 1 aromatic carbocycles. The van der Waals surface area contributed by atoms with Crippen LogP contribution in [0.15, 0.2) is 24.3 Å². The molecule has 0 radical (unpaired) electrons. The summed E-state index contributed by atoms with van der Waals surface area (Å²) in [6, 6.07) is 6.72. The number of hydrogen-bond donors (Lipinski definition) is 2. The van der Waals surface area contributed by atoms with Crippen molar-refractivity contribution in [3.05, 3.63) is 29.8 Å². The second-order valence-corrected chi connectivity index (χ2v) is 5.03. The highest BCUT2D eigenvalue weighted by Gasteiger charge is 2.07. The lowest BCUT2D eigenvalue weighted by atomic mass is 10.2. The molecule has 2 amide bonds. The summed E-state index contributed by atoms with van der Waals surface area (Å²) in [5.41, 5.74) is 5.28. The van der Waals surface area contributed by atoms with E-state index >= 15 is 0 Å². The van der Waals surface area contributed by atoms with Crippen molar-refractivity contribution in [2.75, 3.05) is 19.8 Å². The van der Waals surface area contributed by atoms with E-state index in [0.29, 0.717) is 37.6 Å². The molecule has 1 rings (SSSR count). The fraction of sp³-hybridized carbons (Fsp3) is 0.529. The molecule has 0 aromatic heterocycles. The van der Waals surface area contributed by atoms with Gasteiger partial charge in [0.05, 0.1) is 6.61 Å². The number of hydrazine groups is 1. The van der Waals surface area contributed by atoms with Crippen LogP contribution in [0.3, 0.4) is 0 Å². The van der Waals surface area contributed by atoms with Gasteiger partial charge in [-0.3, -0.25) is 20.4 Å². The summed E-state index contributed by atoms with van der Waals surface area (Å²) in [4.78, 5) is 23.4. The second kappa shape index (κ2) is 11.5. The summed E-state index contributed by atoms with van der Waals surface area (Å²) in [5.74, 6) is 0.141. The molecule has 6 heteroatoms. The van der Waals surface area contributed by atoms with Gasteiger partial charge in [-0.25, -0.2) is 0 Å². The molecule has 0 aliphatic carbocycles. The Hall–Kier alpha value is -2.08. The van der Waals surface area contributed by atoms with E-state index in [1.165, 1.54) is 0 Å². The third-order valence-electron chi connectivity index (χ3n) is 3.14. The highest BCUT2D eigenvalue weighted by Crippen LogP contribution is 2.12. The molecular weight excluding hydrogens is 296 g/mol. The van der Waals surface area contributed by atoms with E-state index in [4.69, 9.17) is 9.47 Å². The van der Waals surface area contributed by atoms with Crippen LogP contribution in [0.4, 0.5) is 0 Å². The van der Waals surface area contributed by atoms with Gasteiger partial charge in [-0.2, -0.15) is 0 Å². The summed E-state index contributed by atoms with van der Waals surface area (Å²) in [6.45, 7) is 5.66. The molecule has 23 heavy (non-hydrogen) atoms. The molecule has 0 fully saturated rings. The molecule has 0 unspecified atom stereocenters. The first-order chi connectivity index (χ1) is 11.2. The quantitative estimate of drug-likeness (QED) is 0.512.